The molecule has 17 heavy (non-hydrogen) atoms. The van der Waals surface area contributed by atoms with Crippen LogP contribution in [0.2, 0.25) is 0 Å². The van der Waals surface area contributed by atoms with E-state index in [4.69, 9.17) is 5.73 Å². The van der Waals surface area contributed by atoms with Crippen molar-refractivity contribution in [3.8, 4) is 11.5 Å². The Morgan fingerprint density at radius 2 is 1.59 bits per heavy atom. The number of fused-ring (bicyclic) bond motifs is 2. The Balaban J connectivity index is 2.50. The van der Waals surface area contributed by atoms with E-state index >= 15 is 0 Å². The van der Waals surface area contributed by atoms with Crippen molar-refractivity contribution in [3.63, 3.8) is 0 Å². The topological polar surface area (TPSA) is 66.5 Å². The summed E-state index contributed by atoms with van der Waals surface area (Å²) in [5, 5.41) is 21.7. The molecule has 0 aliphatic heterocycles. The van der Waals surface area contributed by atoms with Gasteiger partial charge in [-0.05, 0) is 18.9 Å². The van der Waals surface area contributed by atoms with Crippen molar-refractivity contribution in [2.24, 2.45) is 0 Å². The van der Waals surface area contributed by atoms with E-state index in [-0.39, 0.29) is 11.5 Å². The quantitative estimate of drug-likeness (QED) is 0.368. The summed E-state index contributed by atoms with van der Waals surface area (Å²) in [7, 11) is 0. The SMILES string of the molecule is Nc1cccc2c(O)c3c(c(O)c12)CC=CC3. The van der Waals surface area contributed by atoms with Crippen LogP contribution in [0.15, 0.2) is 30.4 Å². The summed E-state index contributed by atoms with van der Waals surface area (Å²) in [6, 6.07) is 5.29. The van der Waals surface area contributed by atoms with E-state index in [1.54, 1.807) is 18.2 Å². The van der Waals surface area contributed by atoms with Gasteiger partial charge in [-0.1, -0.05) is 24.3 Å². The highest BCUT2D eigenvalue weighted by Crippen LogP contribution is 2.43. The highest BCUT2D eigenvalue weighted by atomic mass is 16.3. The minimum atomic E-state index is 0.204. The highest BCUT2D eigenvalue weighted by molar-refractivity contribution is 6.03. The zero-order chi connectivity index (χ0) is 12.0. The van der Waals surface area contributed by atoms with E-state index < -0.39 is 0 Å². The zero-order valence-electron chi connectivity index (χ0n) is 9.27. The molecule has 86 valence electrons. The van der Waals surface area contributed by atoms with Crippen molar-refractivity contribution in [1.82, 2.24) is 0 Å². The van der Waals surface area contributed by atoms with Gasteiger partial charge in [0.1, 0.15) is 11.5 Å². The van der Waals surface area contributed by atoms with E-state index in [1.165, 1.54) is 0 Å². The molecule has 3 nitrogen and oxygen atoms in total. The summed E-state index contributed by atoms with van der Waals surface area (Å²) in [4.78, 5) is 0. The second kappa shape index (κ2) is 3.42. The molecule has 2 aromatic rings. The number of nitrogen functional groups attached to an aromatic ring is 1. The molecule has 0 radical (unpaired) electrons. The third-order valence-corrected chi connectivity index (χ3v) is 3.34. The number of nitrogens with two attached hydrogens (primary N) is 1. The molecule has 4 N–H and O–H groups in total. The Bertz CT molecular complexity index is 644. The summed E-state index contributed by atoms with van der Waals surface area (Å²) >= 11 is 0. The first kappa shape index (κ1) is 10.0. The third kappa shape index (κ3) is 1.29. The molecule has 3 rings (SSSR count). The zero-order valence-corrected chi connectivity index (χ0v) is 9.27. The Morgan fingerprint density at radius 1 is 0.941 bits per heavy atom. The first-order valence-electron chi connectivity index (χ1n) is 5.59. The van der Waals surface area contributed by atoms with Gasteiger partial charge in [-0.15, -0.1) is 0 Å². The van der Waals surface area contributed by atoms with Gasteiger partial charge in [0.15, 0.2) is 0 Å². The normalized spacial score (nSPS) is 13.9. The molecular weight excluding hydrogens is 214 g/mol. The molecule has 1 aliphatic rings. The fourth-order valence-electron chi connectivity index (χ4n) is 2.47. The highest BCUT2D eigenvalue weighted by Gasteiger charge is 2.20. The second-order valence-electron chi connectivity index (χ2n) is 4.30. The first-order valence-corrected chi connectivity index (χ1v) is 5.59. The van der Waals surface area contributed by atoms with Gasteiger partial charge in [-0.3, -0.25) is 0 Å². The molecule has 0 spiro atoms. The van der Waals surface area contributed by atoms with Gasteiger partial charge < -0.3 is 15.9 Å². The van der Waals surface area contributed by atoms with Crippen LogP contribution in [0.1, 0.15) is 11.1 Å². The maximum atomic E-state index is 10.3. The minimum Gasteiger partial charge on any atom is -0.507 e. The van der Waals surface area contributed by atoms with Gasteiger partial charge in [0, 0.05) is 22.2 Å². The Hall–Kier alpha value is -2.16. The summed E-state index contributed by atoms with van der Waals surface area (Å²) in [5.41, 5.74) is 7.96. The number of allylic oxidation sites excluding steroid dienone is 2. The van der Waals surface area contributed by atoms with E-state index in [2.05, 4.69) is 0 Å². The van der Waals surface area contributed by atoms with E-state index in [0.717, 1.165) is 11.1 Å². The number of rotatable bonds is 0. The molecule has 0 aromatic heterocycles. The lowest BCUT2D eigenvalue weighted by molar-refractivity contribution is 0.459. The predicted octanol–water partition coefficient (Wildman–Crippen LogP) is 2.49. The van der Waals surface area contributed by atoms with Gasteiger partial charge >= 0.3 is 0 Å². The minimum absolute atomic E-state index is 0.204. The Labute approximate surface area is 98.8 Å². The average molecular weight is 227 g/mol. The molecule has 0 atom stereocenters. The lowest BCUT2D eigenvalue weighted by Gasteiger charge is -2.18. The molecule has 0 unspecified atom stereocenters. The fraction of sp³-hybridized carbons (Fsp3) is 0.143. The molecule has 0 fully saturated rings. The number of phenolic OH excluding ortho intramolecular Hbond substituents is 2. The van der Waals surface area contributed by atoms with Crippen molar-refractivity contribution in [2.45, 2.75) is 12.8 Å². The molecule has 0 heterocycles. The Morgan fingerprint density at radius 3 is 2.29 bits per heavy atom. The summed E-state index contributed by atoms with van der Waals surface area (Å²) in [6.07, 6.45) is 5.28. The van der Waals surface area contributed by atoms with E-state index in [0.29, 0.717) is 29.3 Å². The summed E-state index contributed by atoms with van der Waals surface area (Å²) < 4.78 is 0. The van der Waals surface area contributed by atoms with Gasteiger partial charge in [-0.2, -0.15) is 0 Å². The van der Waals surface area contributed by atoms with Crippen molar-refractivity contribution >= 4 is 16.5 Å². The lowest BCUT2D eigenvalue weighted by atomic mass is 9.90. The molecule has 0 saturated carbocycles. The van der Waals surface area contributed by atoms with Crippen LogP contribution in [0.5, 0.6) is 11.5 Å². The van der Waals surface area contributed by atoms with Crippen LogP contribution < -0.4 is 5.73 Å². The lowest BCUT2D eigenvalue weighted by Crippen LogP contribution is -2.00. The van der Waals surface area contributed by atoms with Crippen molar-refractivity contribution in [2.75, 3.05) is 5.73 Å². The monoisotopic (exact) mass is 227 g/mol. The average Bonchev–Trinajstić information content (AvgIpc) is 2.36. The number of anilines is 1. The van der Waals surface area contributed by atoms with Crippen LogP contribution in [0.3, 0.4) is 0 Å². The number of aromatic hydroxyl groups is 2. The maximum Gasteiger partial charge on any atom is 0.129 e. The number of hydrogen-bond acceptors (Lipinski definition) is 3. The molecule has 2 aromatic carbocycles. The predicted molar refractivity (Wildman–Crippen MR) is 68.2 cm³/mol. The fourth-order valence-corrected chi connectivity index (χ4v) is 2.47. The molecule has 0 amide bonds. The van der Waals surface area contributed by atoms with Crippen LogP contribution in [-0.4, -0.2) is 10.2 Å². The number of benzene rings is 2. The smallest absolute Gasteiger partial charge is 0.129 e. The van der Waals surface area contributed by atoms with Crippen LogP contribution in [0.25, 0.3) is 10.8 Å². The van der Waals surface area contributed by atoms with Gasteiger partial charge in [0.05, 0.1) is 5.39 Å². The van der Waals surface area contributed by atoms with Crippen LogP contribution in [0, 0.1) is 0 Å². The largest absolute Gasteiger partial charge is 0.507 e. The Kier molecular flexibility index (Phi) is 2.01. The molecule has 1 aliphatic carbocycles. The van der Waals surface area contributed by atoms with E-state index in [9.17, 15) is 10.2 Å². The van der Waals surface area contributed by atoms with Gasteiger partial charge in [-0.25, -0.2) is 0 Å². The van der Waals surface area contributed by atoms with Crippen LogP contribution in [-0.2, 0) is 12.8 Å². The maximum absolute atomic E-state index is 10.3. The number of phenols is 2. The first-order chi connectivity index (χ1) is 8.20. The standard InChI is InChI=1S/C14H13NO2/c15-11-7-3-6-10-12(11)14(17)9-5-2-1-4-8(9)13(10)16/h1-3,6-7,16-17H,4-5,15H2. The molecule has 0 bridgehead atoms. The van der Waals surface area contributed by atoms with Gasteiger partial charge in [0.25, 0.3) is 0 Å². The second-order valence-corrected chi connectivity index (χ2v) is 4.30. The van der Waals surface area contributed by atoms with Crippen molar-refractivity contribution in [1.29, 1.82) is 0 Å². The molecule has 0 saturated heterocycles. The van der Waals surface area contributed by atoms with Crippen molar-refractivity contribution in [3.05, 3.63) is 41.5 Å². The van der Waals surface area contributed by atoms with Crippen LogP contribution in [0.4, 0.5) is 5.69 Å². The third-order valence-electron chi connectivity index (χ3n) is 3.34. The van der Waals surface area contributed by atoms with E-state index in [1.807, 2.05) is 12.2 Å². The molecule has 3 heteroatoms. The summed E-state index contributed by atoms with van der Waals surface area (Å²) in [5.74, 6) is 0.444. The van der Waals surface area contributed by atoms with Crippen LogP contribution >= 0.6 is 0 Å². The molecular formula is C14H13NO2. The summed E-state index contributed by atoms with van der Waals surface area (Å²) in [6.45, 7) is 0. The number of hydrogen-bond donors (Lipinski definition) is 3. The van der Waals surface area contributed by atoms with Gasteiger partial charge in [0.2, 0.25) is 0 Å². The van der Waals surface area contributed by atoms with Crippen molar-refractivity contribution < 1.29 is 10.2 Å².